The lowest BCUT2D eigenvalue weighted by atomic mass is 10.0. The van der Waals surface area contributed by atoms with Gasteiger partial charge in [0.15, 0.2) is 17.3 Å². The summed E-state index contributed by atoms with van der Waals surface area (Å²) in [5.74, 6) is 3.59. The topological polar surface area (TPSA) is 87.7 Å². The van der Waals surface area contributed by atoms with Crippen LogP contribution in [0.5, 0.6) is 17.2 Å². The predicted molar refractivity (Wildman–Crippen MR) is 146 cm³/mol. The standard InChI is InChI=1S/C30H31N5O4/c1-36-25-12-7-11-23(17-25)19-34(21-26-13-8-16-39-26)29(24-14-15-27(37-2)28(18-24)38-3)30-31-32-33-35(30)20-22-9-5-4-6-10-22/h4-18,29H,19-21H2,1-3H3/t29-/m0/s1. The molecule has 3 aromatic carbocycles. The molecule has 39 heavy (non-hydrogen) atoms. The third-order valence-corrected chi connectivity index (χ3v) is 6.53. The smallest absolute Gasteiger partial charge is 0.173 e. The van der Waals surface area contributed by atoms with E-state index in [1.807, 2.05) is 71.4 Å². The molecule has 0 unspecified atom stereocenters. The van der Waals surface area contributed by atoms with Crippen molar-refractivity contribution >= 4 is 0 Å². The fourth-order valence-corrected chi connectivity index (χ4v) is 4.67. The highest BCUT2D eigenvalue weighted by Crippen LogP contribution is 2.36. The van der Waals surface area contributed by atoms with E-state index in [-0.39, 0.29) is 6.04 Å². The fourth-order valence-electron chi connectivity index (χ4n) is 4.67. The Hall–Kier alpha value is -4.63. The van der Waals surface area contributed by atoms with Crippen LogP contribution in [-0.2, 0) is 19.6 Å². The van der Waals surface area contributed by atoms with Gasteiger partial charge in [0.05, 0.1) is 46.7 Å². The van der Waals surface area contributed by atoms with Crippen molar-refractivity contribution in [1.29, 1.82) is 0 Å². The lowest BCUT2D eigenvalue weighted by molar-refractivity contribution is 0.179. The summed E-state index contributed by atoms with van der Waals surface area (Å²) >= 11 is 0. The highest BCUT2D eigenvalue weighted by atomic mass is 16.5. The Bertz CT molecular complexity index is 1470. The Kier molecular flexibility index (Phi) is 8.18. The second-order valence-corrected chi connectivity index (χ2v) is 9.03. The lowest BCUT2D eigenvalue weighted by Gasteiger charge is -2.31. The number of tetrazole rings is 1. The van der Waals surface area contributed by atoms with Gasteiger partial charge in [-0.1, -0.05) is 48.5 Å². The Morgan fingerprint density at radius 3 is 2.36 bits per heavy atom. The van der Waals surface area contributed by atoms with Crippen molar-refractivity contribution in [3.8, 4) is 17.2 Å². The number of nitrogens with zero attached hydrogens (tertiary/aromatic N) is 5. The maximum absolute atomic E-state index is 5.79. The van der Waals surface area contributed by atoms with Gasteiger partial charge in [0.1, 0.15) is 11.5 Å². The normalized spacial score (nSPS) is 11.9. The molecular weight excluding hydrogens is 494 g/mol. The van der Waals surface area contributed by atoms with Crippen molar-refractivity contribution in [3.05, 3.63) is 119 Å². The molecule has 0 amide bonds. The number of benzene rings is 3. The van der Waals surface area contributed by atoms with Crippen LogP contribution in [0.2, 0.25) is 0 Å². The number of methoxy groups -OCH3 is 3. The summed E-state index contributed by atoms with van der Waals surface area (Å²) < 4.78 is 24.3. The summed E-state index contributed by atoms with van der Waals surface area (Å²) in [5, 5.41) is 13.0. The molecule has 2 heterocycles. The first-order chi connectivity index (χ1) is 19.2. The monoisotopic (exact) mass is 525 g/mol. The molecule has 0 aliphatic heterocycles. The lowest BCUT2D eigenvalue weighted by Crippen LogP contribution is -2.31. The number of hydrogen-bond donors (Lipinski definition) is 0. The molecule has 0 radical (unpaired) electrons. The van der Waals surface area contributed by atoms with E-state index in [2.05, 4.69) is 38.6 Å². The second kappa shape index (κ2) is 12.3. The molecule has 2 aromatic heterocycles. The Morgan fingerprint density at radius 1 is 0.795 bits per heavy atom. The van der Waals surface area contributed by atoms with Gasteiger partial charge in [0, 0.05) is 6.54 Å². The summed E-state index contributed by atoms with van der Waals surface area (Å²) in [5.41, 5.74) is 3.13. The van der Waals surface area contributed by atoms with E-state index in [0.29, 0.717) is 37.0 Å². The molecular formula is C30H31N5O4. The van der Waals surface area contributed by atoms with E-state index in [1.54, 1.807) is 27.6 Å². The molecule has 0 N–H and O–H groups in total. The number of rotatable bonds is 12. The van der Waals surface area contributed by atoms with E-state index in [0.717, 1.165) is 28.2 Å². The first-order valence-corrected chi connectivity index (χ1v) is 12.6. The van der Waals surface area contributed by atoms with Gasteiger partial charge in [-0.15, -0.1) is 5.10 Å². The van der Waals surface area contributed by atoms with Crippen LogP contribution in [0.25, 0.3) is 0 Å². The van der Waals surface area contributed by atoms with Gasteiger partial charge < -0.3 is 18.6 Å². The highest BCUT2D eigenvalue weighted by Gasteiger charge is 2.30. The summed E-state index contributed by atoms with van der Waals surface area (Å²) in [4.78, 5) is 2.28. The quantitative estimate of drug-likeness (QED) is 0.222. The average molecular weight is 526 g/mol. The maximum Gasteiger partial charge on any atom is 0.173 e. The molecule has 0 bridgehead atoms. The largest absolute Gasteiger partial charge is 0.497 e. The number of ether oxygens (including phenoxy) is 3. The van der Waals surface area contributed by atoms with Crippen LogP contribution in [0.15, 0.2) is 95.6 Å². The SMILES string of the molecule is COc1cccc(CN(Cc2ccco2)[C@@H](c2ccc(OC)c(OC)c2)c2nnnn2Cc2ccccc2)c1. The van der Waals surface area contributed by atoms with Gasteiger partial charge >= 0.3 is 0 Å². The van der Waals surface area contributed by atoms with E-state index < -0.39 is 0 Å². The van der Waals surface area contributed by atoms with Crippen molar-refractivity contribution in [2.24, 2.45) is 0 Å². The molecule has 9 nitrogen and oxygen atoms in total. The molecule has 0 spiro atoms. The molecule has 5 rings (SSSR count). The van der Waals surface area contributed by atoms with Gasteiger partial charge in [-0.2, -0.15) is 0 Å². The Morgan fingerprint density at radius 2 is 1.62 bits per heavy atom. The van der Waals surface area contributed by atoms with Crippen molar-refractivity contribution in [1.82, 2.24) is 25.1 Å². The minimum Gasteiger partial charge on any atom is -0.497 e. The van der Waals surface area contributed by atoms with E-state index in [4.69, 9.17) is 18.6 Å². The van der Waals surface area contributed by atoms with E-state index in [9.17, 15) is 0 Å². The predicted octanol–water partition coefficient (Wildman–Crippen LogP) is 5.13. The molecule has 0 aliphatic carbocycles. The minimum absolute atomic E-state index is 0.347. The van der Waals surface area contributed by atoms with Crippen molar-refractivity contribution in [2.75, 3.05) is 21.3 Å². The van der Waals surface area contributed by atoms with E-state index in [1.165, 1.54) is 0 Å². The first kappa shape index (κ1) is 26.0. The molecule has 9 heteroatoms. The summed E-state index contributed by atoms with van der Waals surface area (Å²) in [6.45, 7) is 1.62. The molecule has 5 aromatic rings. The zero-order valence-electron chi connectivity index (χ0n) is 22.2. The van der Waals surface area contributed by atoms with Crippen LogP contribution < -0.4 is 14.2 Å². The Labute approximate surface area is 227 Å². The zero-order chi connectivity index (χ0) is 27.0. The third-order valence-electron chi connectivity index (χ3n) is 6.53. The fraction of sp³-hybridized carbons (Fsp3) is 0.233. The minimum atomic E-state index is -0.347. The van der Waals surface area contributed by atoms with Crippen LogP contribution in [0.1, 0.15) is 34.3 Å². The van der Waals surface area contributed by atoms with Crippen molar-refractivity contribution in [3.63, 3.8) is 0 Å². The molecule has 0 fully saturated rings. The number of aromatic nitrogens is 4. The number of hydrogen-bond acceptors (Lipinski definition) is 8. The zero-order valence-corrected chi connectivity index (χ0v) is 22.2. The van der Waals surface area contributed by atoms with Gasteiger partial charge in [-0.3, -0.25) is 4.90 Å². The van der Waals surface area contributed by atoms with Crippen LogP contribution in [0.3, 0.4) is 0 Å². The average Bonchev–Trinajstić information content (AvgIpc) is 3.66. The van der Waals surface area contributed by atoms with Crippen LogP contribution >= 0.6 is 0 Å². The van der Waals surface area contributed by atoms with Gasteiger partial charge in [-0.05, 0) is 63.5 Å². The van der Waals surface area contributed by atoms with Crippen molar-refractivity contribution < 1.29 is 18.6 Å². The van der Waals surface area contributed by atoms with Crippen LogP contribution in [-0.4, -0.2) is 46.4 Å². The third kappa shape index (κ3) is 6.10. The second-order valence-electron chi connectivity index (χ2n) is 9.03. The maximum atomic E-state index is 5.79. The Balaban J connectivity index is 1.63. The summed E-state index contributed by atoms with van der Waals surface area (Å²) in [7, 11) is 4.93. The van der Waals surface area contributed by atoms with Gasteiger partial charge in [0.2, 0.25) is 0 Å². The highest BCUT2D eigenvalue weighted by molar-refractivity contribution is 5.45. The summed E-state index contributed by atoms with van der Waals surface area (Å²) in [6.07, 6.45) is 1.68. The van der Waals surface area contributed by atoms with E-state index >= 15 is 0 Å². The molecule has 200 valence electrons. The first-order valence-electron chi connectivity index (χ1n) is 12.6. The molecule has 0 saturated heterocycles. The number of furan rings is 1. The molecule has 0 aliphatic rings. The van der Waals surface area contributed by atoms with Crippen LogP contribution in [0.4, 0.5) is 0 Å². The molecule has 0 saturated carbocycles. The van der Waals surface area contributed by atoms with Crippen LogP contribution in [0, 0.1) is 0 Å². The van der Waals surface area contributed by atoms with Gasteiger partial charge in [0.25, 0.3) is 0 Å². The molecule has 1 atom stereocenters. The summed E-state index contributed by atoms with van der Waals surface area (Å²) in [6, 6.07) is 27.6. The van der Waals surface area contributed by atoms with Gasteiger partial charge in [-0.25, -0.2) is 4.68 Å². The van der Waals surface area contributed by atoms with Crippen molar-refractivity contribution in [2.45, 2.75) is 25.7 Å².